The molecule has 0 spiro atoms. The van der Waals surface area contributed by atoms with E-state index in [1.54, 1.807) is 0 Å². The first-order valence-corrected chi connectivity index (χ1v) is 9.13. The summed E-state index contributed by atoms with van der Waals surface area (Å²) in [6.45, 7) is 3.08. The minimum atomic E-state index is 0.296. The molecule has 3 aromatic rings. The normalized spacial score (nSPS) is 15.7. The van der Waals surface area contributed by atoms with Crippen molar-refractivity contribution >= 4 is 17.0 Å². The Hall–Kier alpha value is -1.79. The van der Waals surface area contributed by atoms with Gasteiger partial charge in [0.1, 0.15) is 10.8 Å². The van der Waals surface area contributed by atoms with Gasteiger partial charge in [0.15, 0.2) is 5.65 Å². The van der Waals surface area contributed by atoms with Crippen LogP contribution in [0.1, 0.15) is 47.2 Å². The molecule has 0 saturated carbocycles. The predicted octanol–water partition coefficient (Wildman–Crippen LogP) is 2.96. The van der Waals surface area contributed by atoms with Crippen molar-refractivity contribution in [3.63, 3.8) is 0 Å². The van der Waals surface area contributed by atoms with Crippen LogP contribution in [0.5, 0.6) is 0 Å². The fourth-order valence-electron chi connectivity index (χ4n) is 3.11. The van der Waals surface area contributed by atoms with Crippen LogP contribution in [0, 0.1) is 0 Å². The molecule has 3 aromatic heterocycles. The zero-order valence-corrected chi connectivity index (χ0v) is 14.1. The molecule has 1 aliphatic rings. The van der Waals surface area contributed by atoms with Crippen molar-refractivity contribution in [3.05, 3.63) is 45.8 Å². The summed E-state index contributed by atoms with van der Waals surface area (Å²) in [7, 11) is 0. The van der Waals surface area contributed by atoms with Gasteiger partial charge in [0.05, 0.1) is 11.7 Å². The Balaban J connectivity index is 1.38. The van der Waals surface area contributed by atoms with Gasteiger partial charge in [-0.3, -0.25) is 4.40 Å². The second-order valence-corrected chi connectivity index (χ2v) is 7.22. The van der Waals surface area contributed by atoms with Crippen molar-refractivity contribution in [2.45, 2.75) is 45.1 Å². The number of aromatic nitrogens is 4. The maximum absolute atomic E-state index is 4.84. The van der Waals surface area contributed by atoms with Gasteiger partial charge in [-0.2, -0.15) is 0 Å². The highest BCUT2D eigenvalue weighted by Gasteiger charge is 2.18. The zero-order valence-electron chi connectivity index (χ0n) is 13.3. The highest BCUT2D eigenvalue weighted by Crippen LogP contribution is 2.29. The van der Waals surface area contributed by atoms with Crippen LogP contribution < -0.4 is 5.32 Å². The van der Waals surface area contributed by atoms with E-state index in [-0.39, 0.29) is 0 Å². The van der Waals surface area contributed by atoms with Crippen LogP contribution in [-0.4, -0.2) is 26.1 Å². The first-order chi connectivity index (χ1) is 11.3. The minimum Gasteiger partial charge on any atom is -0.308 e. The lowest BCUT2D eigenvalue weighted by Crippen LogP contribution is -2.22. The first kappa shape index (κ1) is 14.8. The van der Waals surface area contributed by atoms with Gasteiger partial charge < -0.3 is 5.32 Å². The maximum atomic E-state index is 4.84. The number of rotatable bonds is 5. The molecule has 23 heavy (non-hydrogen) atoms. The third kappa shape index (κ3) is 3.01. The molecule has 1 N–H and O–H groups in total. The van der Waals surface area contributed by atoms with Crippen LogP contribution in [-0.2, 0) is 19.3 Å². The SMILES string of the molecule is CC(NCCc1nnc2ccccn12)c1nc2c(s1)CCCC2. The minimum absolute atomic E-state index is 0.296. The van der Waals surface area contributed by atoms with Crippen molar-refractivity contribution in [2.24, 2.45) is 0 Å². The van der Waals surface area contributed by atoms with Crippen LogP contribution >= 0.6 is 11.3 Å². The summed E-state index contributed by atoms with van der Waals surface area (Å²) in [4.78, 5) is 6.34. The van der Waals surface area contributed by atoms with Gasteiger partial charge >= 0.3 is 0 Å². The number of thiazole rings is 1. The van der Waals surface area contributed by atoms with Crippen molar-refractivity contribution in [1.82, 2.24) is 24.9 Å². The molecular weight excluding hydrogens is 306 g/mol. The Kier molecular flexibility index (Phi) is 4.10. The Morgan fingerprint density at radius 3 is 3.09 bits per heavy atom. The number of fused-ring (bicyclic) bond motifs is 2. The summed E-state index contributed by atoms with van der Waals surface area (Å²) in [6.07, 6.45) is 7.85. The molecule has 0 fully saturated rings. The molecule has 0 amide bonds. The van der Waals surface area contributed by atoms with E-state index in [0.717, 1.165) is 30.9 Å². The molecule has 0 aromatic carbocycles. The van der Waals surface area contributed by atoms with E-state index in [0.29, 0.717) is 6.04 Å². The molecule has 120 valence electrons. The molecule has 1 aliphatic carbocycles. The summed E-state index contributed by atoms with van der Waals surface area (Å²) in [5, 5.41) is 13.3. The van der Waals surface area contributed by atoms with Crippen molar-refractivity contribution in [2.75, 3.05) is 6.54 Å². The van der Waals surface area contributed by atoms with Crippen LogP contribution in [0.15, 0.2) is 24.4 Å². The fraction of sp³-hybridized carbons (Fsp3) is 0.471. The zero-order chi connectivity index (χ0) is 15.6. The standard InChI is InChI=1S/C17H21N5S/c1-12(17-19-13-6-2-3-7-14(13)23-17)18-10-9-16-21-20-15-8-4-5-11-22(15)16/h4-5,8,11-12,18H,2-3,6-7,9-10H2,1H3. The molecule has 0 bridgehead atoms. The van der Waals surface area contributed by atoms with E-state index in [4.69, 9.17) is 4.98 Å². The average Bonchev–Trinajstić information content (AvgIpc) is 3.19. The number of nitrogens with zero attached hydrogens (tertiary/aromatic N) is 4. The molecule has 0 radical (unpaired) electrons. The lowest BCUT2D eigenvalue weighted by atomic mass is 10.0. The smallest absolute Gasteiger partial charge is 0.160 e. The highest BCUT2D eigenvalue weighted by atomic mass is 32.1. The summed E-state index contributed by atoms with van der Waals surface area (Å²) in [5.74, 6) is 0.999. The molecule has 1 unspecified atom stereocenters. The Labute approximate surface area is 139 Å². The predicted molar refractivity (Wildman–Crippen MR) is 91.9 cm³/mol. The summed E-state index contributed by atoms with van der Waals surface area (Å²) in [6, 6.07) is 6.27. The van der Waals surface area contributed by atoms with E-state index in [9.17, 15) is 0 Å². The van der Waals surface area contributed by atoms with Crippen molar-refractivity contribution in [3.8, 4) is 0 Å². The van der Waals surface area contributed by atoms with E-state index in [2.05, 4.69) is 26.8 Å². The van der Waals surface area contributed by atoms with Gasteiger partial charge in [-0.25, -0.2) is 4.98 Å². The molecule has 0 aliphatic heterocycles. The maximum Gasteiger partial charge on any atom is 0.160 e. The molecule has 5 nitrogen and oxygen atoms in total. The van der Waals surface area contributed by atoms with Crippen LogP contribution in [0.4, 0.5) is 0 Å². The van der Waals surface area contributed by atoms with E-state index in [1.807, 2.05) is 35.7 Å². The lowest BCUT2D eigenvalue weighted by molar-refractivity contribution is 0.563. The number of hydrogen-bond acceptors (Lipinski definition) is 5. The van der Waals surface area contributed by atoms with Gasteiger partial charge in [0, 0.05) is 24.0 Å². The van der Waals surface area contributed by atoms with Crippen LogP contribution in [0.3, 0.4) is 0 Å². The van der Waals surface area contributed by atoms with Gasteiger partial charge in [-0.15, -0.1) is 21.5 Å². The number of pyridine rings is 1. The second kappa shape index (κ2) is 6.37. The van der Waals surface area contributed by atoms with Crippen LogP contribution in [0.2, 0.25) is 0 Å². The average molecular weight is 327 g/mol. The largest absolute Gasteiger partial charge is 0.308 e. The first-order valence-electron chi connectivity index (χ1n) is 8.32. The molecular formula is C17H21N5S. The molecule has 4 rings (SSSR count). The summed E-state index contributed by atoms with van der Waals surface area (Å²) >= 11 is 1.89. The summed E-state index contributed by atoms with van der Waals surface area (Å²) in [5.41, 5.74) is 2.25. The molecule has 0 saturated heterocycles. The molecule has 3 heterocycles. The molecule has 6 heteroatoms. The second-order valence-electron chi connectivity index (χ2n) is 6.10. The third-order valence-corrected chi connectivity index (χ3v) is 5.76. The van der Waals surface area contributed by atoms with Gasteiger partial charge in [0.2, 0.25) is 0 Å². The van der Waals surface area contributed by atoms with Gasteiger partial charge in [0.25, 0.3) is 0 Å². The van der Waals surface area contributed by atoms with E-state index < -0.39 is 0 Å². The fourth-order valence-corrected chi connectivity index (χ4v) is 4.29. The van der Waals surface area contributed by atoms with Crippen molar-refractivity contribution in [1.29, 1.82) is 0 Å². The Morgan fingerprint density at radius 1 is 1.26 bits per heavy atom. The topological polar surface area (TPSA) is 55.1 Å². The number of nitrogens with one attached hydrogen (secondary N) is 1. The molecule has 1 atom stereocenters. The number of hydrogen-bond donors (Lipinski definition) is 1. The monoisotopic (exact) mass is 327 g/mol. The lowest BCUT2D eigenvalue weighted by Gasteiger charge is -2.10. The van der Waals surface area contributed by atoms with Crippen molar-refractivity contribution < 1.29 is 0 Å². The number of aryl methyl sites for hydroxylation is 2. The quantitative estimate of drug-likeness (QED) is 0.783. The van der Waals surface area contributed by atoms with E-state index in [1.165, 1.54) is 34.8 Å². The van der Waals surface area contributed by atoms with Gasteiger partial charge in [-0.1, -0.05) is 6.07 Å². The third-order valence-electron chi connectivity index (χ3n) is 4.42. The Morgan fingerprint density at radius 2 is 2.17 bits per heavy atom. The van der Waals surface area contributed by atoms with E-state index >= 15 is 0 Å². The van der Waals surface area contributed by atoms with Gasteiger partial charge in [-0.05, 0) is 44.7 Å². The Bertz CT molecular complexity index is 783. The summed E-state index contributed by atoms with van der Waals surface area (Å²) < 4.78 is 2.05. The van der Waals surface area contributed by atoms with Crippen LogP contribution in [0.25, 0.3) is 5.65 Å². The highest BCUT2D eigenvalue weighted by molar-refractivity contribution is 7.11.